The maximum Gasteiger partial charge on any atom is 0.0667 e. The van der Waals surface area contributed by atoms with E-state index in [-0.39, 0.29) is 11.6 Å². The van der Waals surface area contributed by atoms with E-state index < -0.39 is 0 Å². The second-order valence-electron chi connectivity index (χ2n) is 7.34. The van der Waals surface area contributed by atoms with Crippen LogP contribution in [0.5, 0.6) is 0 Å². The highest BCUT2D eigenvalue weighted by atomic mass is 16.3. The zero-order chi connectivity index (χ0) is 14.5. The number of nitrogens with one attached hydrogen (secondary N) is 1. The summed E-state index contributed by atoms with van der Waals surface area (Å²) < 4.78 is 0. The molecule has 1 fully saturated rings. The van der Waals surface area contributed by atoms with Crippen LogP contribution >= 0.6 is 0 Å². The van der Waals surface area contributed by atoms with Crippen LogP contribution in [0.1, 0.15) is 60.3 Å². The van der Waals surface area contributed by atoms with Crippen LogP contribution in [-0.2, 0) is 0 Å². The molecule has 0 spiro atoms. The van der Waals surface area contributed by atoms with Crippen molar-refractivity contribution in [2.24, 2.45) is 5.41 Å². The van der Waals surface area contributed by atoms with Crippen LogP contribution < -0.4 is 5.32 Å². The first-order chi connectivity index (χ1) is 8.80. The van der Waals surface area contributed by atoms with Crippen molar-refractivity contribution in [3.8, 4) is 0 Å². The van der Waals surface area contributed by atoms with Gasteiger partial charge in [0.1, 0.15) is 0 Å². The molecule has 1 rings (SSSR count). The molecule has 0 bridgehead atoms. The topological polar surface area (TPSA) is 35.5 Å². The zero-order valence-electron chi connectivity index (χ0n) is 13.6. The van der Waals surface area contributed by atoms with Crippen molar-refractivity contribution in [1.82, 2.24) is 10.2 Å². The first-order valence-corrected chi connectivity index (χ1v) is 7.96. The molecule has 0 aliphatic carbocycles. The second kappa shape index (κ2) is 7.05. The Balaban J connectivity index is 2.59. The van der Waals surface area contributed by atoms with E-state index in [1.165, 1.54) is 12.8 Å². The average molecular weight is 270 g/mol. The molecule has 3 nitrogen and oxygen atoms in total. The van der Waals surface area contributed by atoms with Crippen LogP contribution in [0.2, 0.25) is 0 Å². The molecule has 3 heteroatoms. The lowest BCUT2D eigenvalue weighted by Crippen LogP contribution is -2.50. The first kappa shape index (κ1) is 16.9. The minimum Gasteiger partial charge on any atom is -0.392 e. The predicted molar refractivity (Wildman–Crippen MR) is 82.5 cm³/mol. The third kappa shape index (κ3) is 5.80. The fourth-order valence-electron chi connectivity index (χ4n) is 2.88. The van der Waals surface area contributed by atoms with Crippen LogP contribution in [0.25, 0.3) is 0 Å². The highest BCUT2D eigenvalue weighted by molar-refractivity contribution is 4.87. The Morgan fingerprint density at radius 3 is 2.32 bits per heavy atom. The molecule has 2 N–H and O–H groups in total. The number of aliphatic hydroxyl groups excluding tert-OH is 1. The van der Waals surface area contributed by atoms with E-state index in [1.807, 2.05) is 0 Å². The van der Waals surface area contributed by atoms with Gasteiger partial charge in [0.25, 0.3) is 0 Å². The van der Waals surface area contributed by atoms with Gasteiger partial charge >= 0.3 is 0 Å². The number of β-amino-alcohol motifs (C(OH)–C–C–N with tert-alkyl or cyclic N) is 1. The van der Waals surface area contributed by atoms with E-state index >= 15 is 0 Å². The van der Waals surface area contributed by atoms with Gasteiger partial charge in [0.15, 0.2) is 0 Å². The average Bonchev–Trinajstić information content (AvgIpc) is 2.34. The molecule has 0 saturated carbocycles. The summed E-state index contributed by atoms with van der Waals surface area (Å²) in [6.45, 7) is 15.5. The number of aliphatic hydroxyl groups is 1. The highest BCUT2D eigenvalue weighted by Crippen LogP contribution is 2.29. The summed E-state index contributed by atoms with van der Waals surface area (Å²) in [6.07, 6.45) is 4.38. The maximum absolute atomic E-state index is 9.82. The molecule has 0 radical (unpaired) electrons. The molecule has 0 aromatic heterocycles. The van der Waals surface area contributed by atoms with Gasteiger partial charge < -0.3 is 15.3 Å². The summed E-state index contributed by atoms with van der Waals surface area (Å²) in [7, 11) is 0. The number of hydrogen-bond donors (Lipinski definition) is 2. The summed E-state index contributed by atoms with van der Waals surface area (Å²) in [6, 6.07) is 0. The molecule has 1 unspecified atom stereocenters. The number of hydrogen-bond acceptors (Lipinski definition) is 3. The SMILES string of the molecule is CCC(CC)(CNC(C)(C)C)CN1CCCC(O)C1. The van der Waals surface area contributed by atoms with Gasteiger partial charge in [-0.1, -0.05) is 13.8 Å². The van der Waals surface area contributed by atoms with Crippen molar-refractivity contribution < 1.29 is 5.11 Å². The summed E-state index contributed by atoms with van der Waals surface area (Å²) >= 11 is 0. The summed E-state index contributed by atoms with van der Waals surface area (Å²) in [5.41, 5.74) is 0.515. The number of piperidine rings is 1. The molecule has 1 saturated heterocycles. The lowest BCUT2D eigenvalue weighted by molar-refractivity contribution is 0.0382. The Bertz CT molecular complexity index is 256. The van der Waals surface area contributed by atoms with Crippen LogP contribution in [0.4, 0.5) is 0 Å². The minimum absolute atomic E-state index is 0.115. The van der Waals surface area contributed by atoms with Crippen LogP contribution in [0.15, 0.2) is 0 Å². The molecular formula is C16H34N2O. The molecular weight excluding hydrogens is 236 g/mol. The van der Waals surface area contributed by atoms with Crippen LogP contribution in [0, 0.1) is 5.41 Å². The summed E-state index contributed by atoms with van der Waals surface area (Å²) in [5.74, 6) is 0. The fourth-order valence-corrected chi connectivity index (χ4v) is 2.88. The largest absolute Gasteiger partial charge is 0.392 e. The van der Waals surface area contributed by atoms with Crippen LogP contribution in [0.3, 0.4) is 0 Å². The Hall–Kier alpha value is -0.120. The van der Waals surface area contributed by atoms with E-state index in [0.717, 1.165) is 39.0 Å². The Morgan fingerprint density at radius 1 is 1.21 bits per heavy atom. The van der Waals surface area contributed by atoms with Crippen molar-refractivity contribution in [1.29, 1.82) is 0 Å². The molecule has 1 heterocycles. The molecule has 0 amide bonds. The first-order valence-electron chi connectivity index (χ1n) is 7.96. The Labute approximate surface area is 119 Å². The van der Waals surface area contributed by atoms with Crippen molar-refractivity contribution in [3.05, 3.63) is 0 Å². The third-order valence-electron chi connectivity index (χ3n) is 4.53. The summed E-state index contributed by atoms with van der Waals surface area (Å²) in [5, 5.41) is 13.5. The second-order valence-corrected chi connectivity index (χ2v) is 7.34. The van der Waals surface area contributed by atoms with Crippen LogP contribution in [-0.4, -0.2) is 47.8 Å². The Morgan fingerprint density at radius 2 is 1.84 bits per heavy atom. The summed E-state index contributed by atoms with van der Waals surface area (Å²) in [4.78, 5) is 2.46. The smallest absolute Gasteiger partial charge is 0.0667 e. The maximum atomic E-state index is 9.82. The van der Waals surface area contributed by atoms with Gasteiger partial charge in [-0.15, -0.1) is 0 Å². The van der Waals surface area contributed by atoms with Crippen molar-refractivity contribution >= 4 is 0 Å². The standard InChI is InChI=1S/C16H34N2O/c1-6-16(7-2,12-17-15(3,4)5)13-18-10-8-9-14(19)11-18/h14,17,19H,6-13H2,1-5H3. The monoisotopic (exact) mass is 270 g/mol. The molecule has 19 heavy (non-hydrogen) atoms. The van der Waals surface area contributed by atoms with Gasteiger partial charge in [-0.2, -0.15) is 0 Å². The van der Waals surface area contributed by atoms with E-state index in [2.05, 4.69) is 44.8 Å². The zero-order valence-corrected chi connectivity index (χ0v) is 13.6. The quantitative estimate of drug-likeness (QED) is 0.779. The van der Waals surface area contributed by atoms with Gasteiger partial charge in [0.2, 0.25) is 0 Å². The Kier molecular flexibility index (Phi) is 6.28. The van der Waals surface area contributed by atoms with Crippen molar-refractivity contribution in [3.63, 3.8) is 0 Å². The number of likely N-dealkylation sites (tertiary alicyclic amines) is 1. The van der Waals surface area contributed by atoms with Gasteiger partial charge in [-0.25, -0.2) is 0 Å². The van der Waals surface area contributed by atoms with Gasteiger partial charge in [-0.05, 0) is 58.4 Å². The molecule has 1 aliphatic heterocycles. The van der Waals surface area contributed by atoms with Crippen molar-refractivity contribution in [2.45, 2.75) is 71.9 Å². The van der Waals surface area contributed by atoms with E-state index in [1.54, 1.807) is 0 Å². The number of nitrogens with zero attached hydrogens (tertiary/aromatic N) is 1. The molecule has 1 atom stereocenters. The highest BCUT2D eigenvalue weighted by Gasteiger charge is 2.31. The lowest BCUT2D eigenvalue weighted by atomic mass is 9.80. The van der Waals surface area contributed by atoms with Crippen molar-refractivity contribution in [2.75, 3.05) is 26.2 Å². The fraction of sp³-hybridized carbons (Fsp3) is 1.00. The third-order valence-corrected chi connectivity index (χ3v) is 4.53. The normalized spacial score (nSPS) is 22.7. The molecule has 0 aromatic carbocycles. The van der Waals surface area contributed by atoms with Gasteiger partial charge in [-0.3, -0.25) is 0 Å². The molecule has 114 valence electrons. The van der Waals surface area contributed by atoms with Gasteiger partial charge in [0.05, 0.1) is 6.10 Å². The van der Waals surface area contributed by atoms with E-state index in [0.29, 0.717) is 5.41 Å². The molecule has 0 aromatic rings. The minimum atomic E-state index is -0.115. The van der Waals surface area contributed by atoms with E-state index in [9.17, 15) is 5.11 Å². The predicted octanol–water partition coefficient (Wildman–Crippen LogP) is 2.64. The molecule has 1 aliphatic rings. The van der Waals surface area contributed by atoms with Gasteiger partial charge in [0, 0.05) is 25.2 Å². The number of rotatable bonds is 6. The lowest BCUT2D eigenvalue weighted by Gasteiger charge is -2.41. The van der Waals surface area contributed by atoms with E-state index in [4.69, 9.17) is 0 Å².